The Kier molecular flexibility index (Phi) is 4.46. The van der Waals surface area contributed by atoms with Crippen molar-refractivity contribution in [2.75, 3.05) is 13.1 Å². The summed E-state index contributed by atoms with van der Waals surface area (Å²) in [7, 11) is 0. The Morgan fingerprint density at radius 1 is 1.29 bits per heavy atom. The summed E-state index contributed by atoms with van der Waals surface area (Å²) >= 11 is 0. The summed E-state index contributed by atoms with van der Waals surface area (Å²) in [6.07, 6.45) is 10.9. The highest BCUT2D eigenvalue weighted by Gasteiger charge is 2.20. The minimum absolute atomic E-state index is 0.595. The fourth-order valence-corrected chi connectivity index (χ4v) is 3.14. The molecule has 2 aromatic rings. The SMILES string of the molecule is C=C[C@@H]1CNCCC1CC=Cc1ccnc2ccccc12. The zero-order chi connectivity index (χ0) is 14.5. The molecule has 2 heteroatoms. The lowest BCUT2D eigenvalue weighted by atomic mass is 9.84. The minimum atomic E-state index is 0.595. The number of nitrogens with zero attached hydrogens (tertiary/aromatic N) is 1. The van der Waals surface area contributed by atoms with E-state index in [0.29, 0.717) is 11.8 Å². The van der Waals surface area contributed by atoms with Crippen LogP contribution in [0.2, 0.25) is 0 Å². The molecule has 1 aromatic heterocycles. The molecule has 3 rings (SSSR count). The molecular weight excluding hydrogens is 256 g/mol. The molecule has 0 saturated carbocycles. The van der Waals surface area contributed by atoms with Crippen molar-refractivity contribution in [3.8, 4) is 0 Å². The standard InChI is InChI=1S/C19H22N2/c1-2-15-14-20-12-10-16(15)6-5-7-17-11-13-21-19-9-4-3-8-18(17)19/h2-5,7-9,11,13,15-16,20H,1,6,10,12,14H2/t15-,16?/m1/s1. The molecule has 0 bridgehead atoms. The van der Waals surface area contributed by atoms with E-state index in [4.69, 9.17) is 0 Å². The Hall–Kier alpha value is -1.93. The van der Waals surface area contributed by atoms with E-state index < -0.39 is 0 Å². The van der Waals surface area contributed by atoms with Crippen LogP contribution < -0.4 is 5.32 Å². The van der Waals surface area contributed by atoms with Crippen LogP contribution in [-0.4, -0.2) is 18.1 Å². The van der Waals surface area contributed by atoms with Gasteiger partial charge in [0.05, 0.1) is 5.52 Å². The predicted octanol–water partition coefficient (Wildman–Crippen LogP) is 4.05. The quantitative estimate of drug-likeness (QED) is 0.853. The van der Waals surface area contributed by atoms with Gasteiger partial charge >= 0.3 is 0 Å². The number of para-hydroxylation sites is 1. The van der Waals surface area contributed by atoms with Crippen molar-refractivity contribution in [3.63, 3.8) is 0 Å². The van der Waals surface area contributed by atoms with Crippen molar-refractivity contribution in [2.24, 2.45) is 11.8 Å². The van der Waals surface area contributed by atoms with Crippen LogP contribution >= 0.6 is 0 Å². The number of nitrogens with one attached hydrogen (secondary N) is 1. The van der Waals surface area contributed by atoms with Gasteiger partial charge in [0.15, 0.2) is 0 Å². The van der Waals surface area contributed by atoms with Crippen molar-refractivity contribution in [3.05, 3.63) is 60.8 Å². The average molecular weight is 278 g/mol. The van der Waals surface area contributed by atoms with Gasteiger partial charge in [-0.25, -0.2) is 0 Å². The normalized spacial score (nSPS) is 22.7. The summed E-state index contributed by atoms with van der Waals surface area (Å²) < 4.78 is 0. The van der Waals surface area contributed by atoms with Gasteiger partial charge in [-0.15, -0.1) is 6.58 Å². The maximum atomic E-state index is 4.41. The number of allylic oxidation sites excluding steroid dienone is 1. The first-order chi connectivity index (χ1) is 10.4. The summed E-state index contributed by atoms with van der Waals surface area (Å²) in [5.41, 5.74) is 2.31. The van der Waals surface area contributed by atoms with E-state index in [1.807, 2.05) is 12.3 Å². The molecule has 21 heavy (non-hydrogen) atoms. The molecule has 1 unspecified atom stereocenters. The summed E-state index contributed by atoms with van der Waals surface area (Å²) in [5.74, 6) is 1.31. The maximum Gasteiger partial charge on any atom is 0.0707 e. The molecule has 1 aromatic carbocycles. The molecule has 1 fully saturated rings. The van der Waals surface area contributed by atoms with Crippen LogP contribution in [0.25, 0.3) is 17.0 Å². The van der Waals surface area contributed by atoms with Gasteiger partial charge in [0, 0.05) is 18.1 Å². The van der Waals surface area contributed by atoms with Crippen LogP contribution in [0.3, 0.4) is 0 Å². The summed E-state index contributed by atoms with van der Waals surface area (Å²) in [6, 6.07) is 10.4. The molecule has 1 aliphatic rings. The second-order valence-electron chi connectivity index (χ2n) is 5.71. The Bertz CT molecular complexity index is 640. The van der Waals surface area contributed by atoms with Crippen LogP contribution in [0.15, 0.2) is 55.3 Å². The van der Waals surface area contributed by atoms with E-state index in [-0.39, 0.29) is 0 Å². The zero-order valence-corrected chi connectivity index (χ0v) is 12.3. The third-order valence-electron chi connectivity index (χ3n) is 4.40. The monoisotopic (exact) mass is 278 g/mol. The number of piperidine rings is 1. The Morgan fingerprint density at radius 3 is 3.10 bits per heavy atom. The van der Waals surface area contributed by atoms with E-state index in [0.717, 1.165) is 25.0 Å². The van der Waals surface area contributed by atoms with Gasteiger partial charge < -0.3 is 5.32 Å². The van der Waals surface area contributed by atoms with E-state index in [2.05, 4.69) is 59.4 Å². The Balaban J connectivity index is 1.74. The predicted molar refractivity (Wildman–Crippen MR) is 90.1 cm³/mol. The number of fused-ring (bicyclic) bond motifs is 1. The van der Waals surface area contributed by atoms with Crippen molar-refractivity contribution >= 4 is 17.0 Å². The van der Waals surface area contributed by atoms with Crippen molar-refractivity contribution in [1.29, 1.82) is 0 Å². The molecule has 0 aliphatic carbocycles. The van der Waals surface area contributed by atoms with Crippen molar-refractivity contribution in [1.82, 2.24) is 10.3 Å². The topological polar surface area (TPSA) is 24.9 Å². The lowest BCUT2D eigenvalue weighted by Gasteiger charge is -2.29. The lowest BCUT2D eigenvalue weighted by molar-refractivity contribution is 0.304. The Labute approximate surface area is 126 Å². The van der Waals surface area contributed by atoms with Crippen LogP contribution in [-0.2, 0) is 0 Å². The molecule has 1 saturated heterocycles. The van der Waals surface area contributed by atoms with Crippen LogP contribution in [0.1, 0.15) is 18.4 Å². The van der Waals surface area contributed by atoms with Gasteiger partial charge in [-0.3, -0.25) is 4.98 Å². The first kappa shape index (κ1) is 14.0. The van der Waals surface area contributed by atoms with E-state index in [9.17, 15) is 0 Å². The van der Waals surface area contributed by atoms with E-state index >= 15 is 0 Å². The molecule has 2 atom stereocenters. The minimum Gasteiger partial charge on any atom is -0.316 e. The number of benzene rings is 1. The van der Waals surface area contributed by atoms with Gasteiger partial charge in [-0.05, 0) is 48.9 Å². The molecule has 0 amide bonds. The first-order valence-electron chi connectivity index (χ1n) is 7.72. The number of hydrogen-bond acceptors (Lipinski definition) is 2. The number of rotatable bonds is 4. The lowest BCUT2D eigenvalue weighted by Crippen LogP contribution is -2.35. The van der Waals surface area contributed by atoms with Crippen LogP contribution in [0.5, 0.6) is 0 Å². The second kappa shape index (κ2) is 6.68. The zero-order valence-electron chi connectivity index (χ0n) is 12.3. The fraction of sp³-hybridized carbons (Fsp3) is 0.316. The first-order valence-corrected chi connectivity index (χ1v) is 7.72. The van der Waals surface area contributed by atoms with E-state index in [1.54, 1.807) is 0 Å². The molecule has 0 spiro atoms. The molecule has 2 nitrogen and oxygen atoms in total. The van der Waals surface area contributed by atoms with Crippen LogP contribution in [0, 0.1) is 11.8 Å². The highest BCUT2D eigenvalue weighted by Crippen LogP contribution is 2.25. The van der Waals surface area contributed by atoms with Gasteiger partial charge in [0.1, 0.15) is 0 Å². The summed E-state index contributed by atoms with van der Waals surface area (Å²) in [6.45, 7) is 6.17. The van der Waals surface area contributed by atoms with Gasteiger partial charge in [0.2, 0.25) is 0 Å². The third-order valence-corrected chi connectivity index (χ3v) is 4.40. The second-order valence-corrected chi connectivity index (χ2v) is 5.71. The molecule has 2 heterocycles. The molecule has 108 valence electrons. The molecule has 1 N–H and O–H groups in total. The van der Waals surface area contributed by atoms with Gasteiger partial charge in [-0.2, -0.15) is 0 Å². The number of aromatic nitrogens is 1. The largest absolute Gasteiger partial charge is 0.316 e. The fourth-order valence-electron chi connectivity index (χ4n) is 3.14. The average Bonchev–Trinajstić information content (AvgIpc) is 2.55. The van der Waals surface area contributed by atoms with Crippen molar-refractivity contribution < 1.29 is 0 Å². The smallest absolute Gasteiger partial charge is 0.0707 e. The molecular formula is C19H22N2. The van der Waals surface area contributed by atoms with Gasteiger partial charge in [-0.1, -0.05) is 36.4 Å². The third kappa shape index (κ3) is 3.22. The summed E-state index contributed by atoms with van der Waals surface area (Å²) in [4.78, 5) is 4.41. The van der Waals surface area contributed by atoms with E-state index in [1.165, 1.54) is 17.4 Å². The highest BCUT2D eigenvalue weighted by molar-refractivity contribution is 5.87. The number of hydrogen-bond donors (Lipinski definition) is 1. The molecule has 0 radical (unpaired) electrons. The number of pyridine rings is 1. The van der Waals surface area contributed by atoms with Gasteiger partial charge in [0.25, 0.3) is 0 Å². The van der Waals surface area contributed by atoms with Crippen molar-refractivity contribution in [2.45, 2.75) is 12.8 Å². The Morgan fingerprint density at radius 2 is 2.19 bits per heavy atom. The van der Waals surface area contributed by atoms with Crippen LogP contribution in [0.4, 0.5) is 0 Å². The highest BCUT2D eigenvalue weighted by atomic mass is 14.9. The molecule has 1 aliphatic heterocycles. The maximum absolute atomic E-state index is 4.41. The summed E-state index contributed by atoms with van der Waals surface area (Å²) in [5, 5.41) is 4.67.